The molecule has 0 saturated heterocycles. The zero-order chi connectivity index (χ0) is 15.7. The number of ketones is 1. The fourth-order valence-electron chi connectivity index (χ4n) is 2.93. The highest BCUT2D eigenvalue weighted by Crippen LogP contribution is 2.27. The van der Waals surface area contributed by atoms with E-state index >= 15 is 0 Å². The van der Waals surface area contributed by atoms with Crippen LogP contribution >= 0.6 is 0 Å². The van der Waals surface area contributed by atoms with Gasteiger partial charge in [0, 0.05) is 11.1 Å². The number of carbonyl (C=O) groups excluding carboxylic acids is 1. The number of hydrogen-bond acceptors (Lipinski definition) is 1. The maximum atomic E-state index is 12.6. The highest BCUT2D eigenvalue weighted by molar-refractivity contribution is 6.13. The van der Waals surface area contributed by atoms with Crippen LogP contribution in [0.4, 0.5) is 0 Å². The Labute approximate surface area is 132 Å². The molecule has 0 radical (unpaired) electrons. The third kappa shape index (κ3) is 2.89. The van der Waals surface area contributed by atoms with Gasteiger partial charge >= 0.3 is 0 Å². The van der Waals surface area contributed by atoms with Crippen LogP contribution in [-0.4, -0.2) is 5.78 Å². The SMILES string of the molecule is CC(C)(C)c1ccc(/C=C2/CCc3ccccc3C2=O)cc1. The lowest BCUT2D eigenvalue weighted by atomic mass is 9.85. The molecule has 22 heavy (non-hydrogen) atoms. The van der Waals surface area contributed by atoms with E-state index in [-0.39, 0.29) is 11.2 Å². The maximum Gasteiger partial charge on any atom is 0.189 e. The molecule has 0 aromatic heterocycles. The Bertz CT molecular complexity index is 727. The normalized spacial score (nSPS) is 16.7. The second-order valence-corrected chi connectivity index (χ2v) is 7.03. The van der Waals surface area contributed by atoms with Crippen LogP contribution in [0.2, 0.25) is 0 Å². The average Bonchev–Trinajstić information content (AvgIpc) is 2.50. The summed E-state index contributed by atoms with van der Waals surface area (Å²) in [4.78, 5) is 12.6. The summed E-state index contributed by atoms with van der Waals surface area (Å²) >= 11 is 0. The highest BCUT2D eigenvalue weighted by atomic mass is 16.1. The second-order valence-electron chi connectivity index (χ2n) is 7.03. The lowest BCUT2D eigenvalue weighted by Crippen LogP contribution is -2.13. The van der Waals surface area contributed by atoms with Crippen molar-refractivity contribution in [2.45, 2.75) is 39.0 Å². The monoisotopic (exact) mass is 290 g/mol. The molecule has 2 aromatic carbocycles. The summed E-state index contributed by atoms with van der Waals surface area (Å²) < 4.78 is 0. The van der Waals surface area contributed by atoms with Crippen molar-refractivity contribution in [2.24, 2.45) is 0 Å². The average molecular weight is 290 g/mol. The highest BCUT2D eigenvalue weighted by Gasteiger charge is 2.21. The predicted octanol–water partition coefficient (Wildman–Crippen LogP) is 5.20. The van der Waals surface area contributed by atoms with Crippen molar-refractivity contribution < 1.29 is 4.79 Å². The fourth-order valence-corrected chi connectivity index (χ4v) is 2.93. The van der Waals surface area contributed by atoms with Crippen LogP contribution < -0.4 is 0 Å². The summed E-state index contributed by atoms with van der Waals surface area (Å²) in [5.41, 5.74) is 5.54. The summed E-state index contributed by atoms with van der Waals surface area (Å²) in [5.74, 6) is 0.182. The van der Waals surface area contributed by atoms with Gasteiger partial charge in [0.25, 0.3) is 0 Å². The summed E-state index contributed by atoms with van der Waals surface area (Å²) in [7, 11) is 0. The number of carbonyl (C=O) groups is 1. The minimum absolute atomic E-state index is 0.158. The second kappa shape index (κ2) is 5.57. The van der Waals surface area contributed by atoms with E-state index in [1.807, 2.05) is 24.3 Å². The molecule has 0 amide bonds. The van der Waals surface area contributed by atoms with Gasteiger partial charge in [-0.2, -0.15) is 0 Å². The molecule has 112 valence electrons. The van der Waals surface area contributed by atoms with Gasteiger partial charge in [-0.1, -0.05) is 69.3 Å². The fraction of sp³-hybridized carbons (Fsp3) is 0.286. The van der Waals surface area contributed by atoms with Gasteiger partial charge in [0.15, 0.2) is 5.78 Å². The number of rotatable bonds is 1. The zero-order valence-electron chi connectivity index (χ0n) is 13.5. The van der Waals surface area contributed by atoms with Crippen LogP contribution in [0.3, 0.4) is 0 Å². The molecular formula is C21H22O. The van der Waals surface area contributed by atoms with Gasteiger partial charge in [0.1, 0.15) is 0 Å². The number of Topliss-reactive ketones (excluding diaryl/α,β-unsaturated/α-hetero) is 1. The van der Waals surface area contributed by atoms with E-state index in [2.05, 4.69) is 51.1 Å². The van der Waals surface area contributed by atoms with Gasteiger partial charge in [0.2, 0.25) is 0 Å². The first-order valence-corrected chi connectivity index (χ1v) is 7.89. The Morgan fingerprint density at radius 3 is 2.27 bits per heavy atom. The topological polar surface area (TPSA) is 17.1 Å². The number of hydrogen-bond donors (Lipinski definition) is 0. The largest absolute Gasteiger partial charge is 0.289 e. The van der Waals surface area contributed by atoms with E-state index in [1.165, 1.54) is 11.1 Å². The Morgan fingerprint density at radius 2 is 1.59 bits per heavy atom. The van der Waals surface area contributed by atoms with E-state index in [9.17, 15) is 4.79 Å². The van der Waals surface area contributed by atoms with Gasteiger partial charge in [0.05, 0.1) is 0 Å². The van der Waals surface area contributed by atoms with Crippen LogP contribution in [0, 0.1) is 0 Å². The van der Waals surface area contributed by atoms with Gasteiger partial charge < -0.3 is 0 Å². The van der Waals surface area contributed by atoms with Crippen molar-refractivity contribution in [1.82, 2.24) is 0 Å². The molecule has 0 unspecified atom stereocenters. The third-order valence-electron chi connectivity index (χ3n) is 4.33. The molecule has 0 heterocycles. The van der Waals surface area contributed by atoms with Gasteiger partial charge in [-0.05, 0) is 41.0 Å². The van der Waals surface area contributed by atoms with Crippen LogP contribution in [0.15, 0.2) is 54.1 Å². The van der Waals surface area contributed by atoms with Crippen LogP contribution in [0.1, 0.15) is 54.2 Å². The summed E-state index contributed by atoms with van der Waals surface area (Å²) in [6, 6.07) is 16.5. The lowest BCUT2D eigenvalue weighted by Gasteiger charge is -2.19. The molecular weight excluding hydrogens is 268 g/mol. The first kappa shape index (κ1) is 14.8. The van der Waals surface area contributed by atoms with Crippen LogP contribution in [0.25, 0.3) is 6.08 Å². The zero-order valence-corrected chi connectivity index (χ0v) is 13.5. The van der Waals surface area contributed by atoms with Gasteiger partial charge in [-0.3, -0.25) is 4.79 Å². The quantitative estimate of drug-likeness (QED) is 0.660. The van der Waals surface area contributed by atoms with Crippen molar-refractivity contribution in [3.8, 4) is 0 Å². The lowest BCUT2D eigenvalue weighted by molar-refractivity contribution is 0.102. The first-order valence-electron chi connectivity index (χ1n) is 7.89. The first-order chi connectivity index (χ1) is 10.4. The Hall–Kier alpha value is -2.15. The van der Waals surface area contributed by atoms with E-state index in [0.717, 1.165) is 29.5 Å². The minimum atomic E-state index is 0.158. The molecule has 0 spiro atoms. The van der Waals surface area contributed by atoms with Crippen molar-refractivity contribution >= 4 is 11.9 Å². The molecule has 1 aliphatic carbocycles. The molecule has 1 nitrogen and oxygen atoms in total. The standard InChI is InChI=1S/C21H22O/c1-21(2,3)18-12-8-15(9-13-18)14-17-11-10-16-6-4-5-7-19(16)20(17)22/h4-9,12-14H,10-11H2,1-3H3/b17-14-. The van der Waals surface area contributed by atoms with Gasteiger partial charge in [-0.15, -0.1) is 0 Å². The van der Waals surface area contributed by atoms with Gasteiger partial charge in [-0.25, -0.2) is 0 Å². The van der Waals surface area contributed by atoms with Crippen LogP contribution in [0.5, 0.6) is 0 Å². The molecule has 3 rings (SSSR count). The molecule has 0 fully saturated rings. The Kier molecular flexibility index (Phi) is 3.74. The summed E-state index contributed by atoms with van der Waals surface area (Å²) in [6.07, 6.45) is 3.83. The van der Waals surface area contributed by atoms with E-state index in [0.29, 0.717) is 0 Å². The van der Waals surface area contributed by atoms with E-state index in [1.54, 1.807) is 0 Å². The molecule has 0 atom stereocenters. The van der Waals surface area contributed by atoms with E-state index in [4.69, 9.17) is 0 Å². The molecule has 0 saturated carbocycles. The van der Waals surface area contributed by atoms with E-state index < -0.39 is 0 Å². The smallest absolute Gasteiger partial charge is 0.189 e. The van der Waals surface area contributed by atoms with Crippen molar-refractivity contribution in [3.05, 3.63) is 76.4 Å². The number of benzene rings is 2. The summed E-state index contributed by atoms with van der Waals surface area (Å²) in [6.45, 7) is 6.63. The number of allylic oxidation sites excluding steroid dienone is 1. The maximum absolute atomic E-state index is 12.6. The molecule has 0 N–H and O–H groups in total. The van der Waals surface area contributed by atoms with Crippen molar-refractivity contribution in [1.29, 1.82) is 0 Å². The third-order valence-corrected chi connectivity index (χ3v) is 4.33. The molecule has 2 aromatic rings. The number of aryl methyl sites for hydroxylation is 1. The van der Waals surface area contributed by atoms with Crippen molar-refractivity contribution in [3.63, 3.8) is 0 Å². The predicted molar refractivity (Wildman–Crippen MR) is 92.2 cm³/mol. The Morgan fingerprint density at radius 1 is 0.909 bits per heavy atom. The molecule has 1 heteroatoms. The minimum Gasteiger partial charge on any atom is -0.289 e. The summed E-state index contributed by atoms with van der Waals surface area (Å²) in [5, 5.41) is 0. The van der Waals surface area contributed by atoms with Crippen molar-refractivity contribution in [2.75, 3.05) is 0 Å². The molecule has 1 aliphatic rings. The Balaban J connectivity index is 1.89. The van der Waals surface area contributed by atoms with Crippen LogP contribution in [-0.2, 0) is 11.8 Å². The molecule has 0 aliphatic heterocycles. The number of fused-ring (bicyclic) bond motifs is 1. The molecule has 0 bridgehead atoms.